The summed E-state index contributed by atoms with van der Waals surface area (Å²) < 4.78 is 22.1. The fraction of sp³-hybridized carbons (Fsp3) is 0.182. The number of methoxy groups -OCH3 is 1. The molecular formula is C22H22N2O4. The van der Waals surface area contributed by atoms with Crippen molar-refractivity contribution >= 4 is 5.69 Å². The molecule has 0 amide bonds. The third-order valence-corrected chi connectivity index (χ3v) is 4.38. The van der Waals surface area contributed by atoms with Gasteiger partial charge in [0.2, 0.25) is 6.79 Å². The second kappa shape index (κ2) is 8.54. The van der Waals surface area contributed by atoms with E-state index < -0.39 is 0 Å². The molecule has 6 nitrogen and oxygen atoms in total. The van der Waals surface area contributed by atoms with E-state index in [9.17, 15) is 0 Å². The van der Waals surface area contributed by atoms with E-state index in [1.807, 2.05) is 60.7 Å². The van der Waals surface area contributed by atoms with Crippen LogP contribution in [0.15, 0.2) is 66.7 Å². The van der Waals surface area contributed by atoms with E-state index in [0.29, 0.717) is 18.9 Å². The largest absolute Gasteiger partial charge is 0.496 e. The van der Waals surface area contributed by atoms with Gasteiger partial charge in [0.15, 0.2) is 11.5 Å². The Balaban J connectivity index is 1.39. The van der Waals surface area contributed by atoms with Gasteiger partial charge in [-0.2, -0.15) is 0 Å². The Kier molecular flexibility index (Phi) is 5.49. The summed E-state index contributed by atoms with van der Waals surface area (Å²) in [5, 5.41) is 0. The van der Waals surface area contributed by atoms with Gasteiger partial charge >= 0.3 is 0 Å². The molecule has 28 heavy (non-hydrogen) atoms. The minimum atomic E-state index is 0.249. The smallest absolute Gasteiger partial charge is 0.231 e. The summed E-state index contributed by atoms with van der Waals surface area (Å²) in [5.74, 6) is 2.96. The molecule has 0 spiro atoms. The Morgan fingerprint density at radius 3 is 2.64 bits per heavy atom. The van der Waals surface area contributed by atoms with Crippen LogP contribution in [0.5, 0.6) is 23.0 Å². The molecule has 144 valence electrons. The molecule has 0 bridgehead atoms. The first-order valence-corrected chi connectivity index (χ1v) is 9.04. The van der Waals surface area contributed by atoms with E-state index in [4.69, 9.17) is 18.9 Å². The van der Waals surface area contributed by atoms with E-state index >= 15 is 0 Å². The molecule has 4 rings (SSSR count). The summed E-state index contributed by atoms with van der Waals surface area (Å²) in [6, 6.07) is 21.6. The molecule has 6 heteroatoms. The van der Waals surface area contributed by atoms with E-state index in [-0.39, 0.29) is 6.79 Å². The lowest BCUT2D eigenvalue weighted by Crippen LogP contribution is -2.20. The van der Waals surface area contributed by atoms with Crippen LogP contribution in [0, 0.1) is 0 Å². The van der Waals surface area contributed by atoms with Gasteiger partial charge in [-0.05, 0) is 42.0 Å². The Bertz CT molecular complexity index is 931. The van der Waals surface area contributed by atoms with Crippen molar-refractivity contribution in [3.8, 4) is 23.0 Å². The zero-order chi connectivity index (χ0) is 19.2. The molecule has 3 aromatic rings. The first-order chi connectivity index (χ1) is 13.8. The highest BCUT2D eigenvalue weighted by Crippen LogP contribution is 2.35. The predicted molar refractivity (Wildman–Crippen MR) is 107 cm³/mol. The van der Waals surface area contributed by atoms with Gasteiger partial charge in [-0.25, -0.2) is 5.43 Å². The Morgan fingerprint density at radius 2 is 1.79 bits per heavy atom. The highest BCUT2D eigenvalue weighted by atomic mass is 16.7. The Hall–Kier alpha value is -3.38. The van der Waals surface area contributed by atoms with Gasteiger partial charge in [-0.1, -0.05) is 24.3 Å². The SMILES string of the molecule is COc1ccc(CNNc2ccccc2)cc1COc1ccc2c(c1)OCO2. The normalized spacial score (nSPS) is 11.9. The van der Waals surface area contributed by atoms with Gasteiger partial charge in [-0.3, -0.25) is 0 Å². The Morgan fingerprint density at radius 1 is 0.929 bits per heavy atom. The van der Waals surface area contributed by atoms with Crippen LogP contribution < -0.4 is 29.8 Å². The Labute approximate surface area is 164 Å². The number of para-hydroxylation sites is 1. The van der Waals surface area contributed by atoms with E-state index in [1.165, 1.54) is 0 Å². The topological polar surface area (TPSA) is 61.0 Å². The molecule has 0 saturated heterocycles. The lowest BCUT2D eigenvalue weighted by Gasteiger charge is -2.13. The van der Waals surface area contributed by atoms with Gasteiger partial charge in [0.05, 0.1) is 7.11 Å². The quantitative estimate of drug-likeness (QED) is 0.575. The van der Waals surface area contributed by atoms with Crippen molar-refractivity contribution in [2.45, 2.75) is 13.2 Å². The molecule has 3 aromatic carbocycles. The van der Waals surface area contributed by atoms with Crippen LogP contribution in [-0.4, -0.2) is 13.9 Å². The molecule has 0 aliphatic carbocycles. The second-order valence-corrected chi connectivity index (χ2v) is 6.29. The predicted octanol–water partition coefficient (Wildman–Crippen LogP) is 4.12. The van der Waals surface area contributed by atoms with Gasteiger partial charge in [0, 0.05) is 23.9 Å². The molecule has 0 fully saturated rings. The number of hydrogen-bond acceptors (Lipinski definition) is 6. The zero-order valence-corrected chi connectivity index (χ0v) is 15.6. The van der Waals surface area contributed by atoms with Crippen LogP contribution in [0.2, 0.25) is 0 Å². The molecule has 0 radical (unpaired) electrons. The number of rotatable bonds is 8. The fourth-order valence-electron chi connectivity index (χ4n) is 2.95. The van der Waals surface area contributed by atoms with Crippen LogP contribution in [-0.2, 0) is 13.2 Å². The van der Waals surface area contributed by atoms with Crippen molar-refractivity contribution in [2.24, 2.45) is 0 Å². The van der Waals surface area contributed by atoms with Crippen LogP contribution in [0.25, 0.3) is 0 Å². The number of nitrogens with one attached hydrogen (secondary N) is 2. The van der Waals surface area contributed by atoms with Crippen LogP contribution in [0.4, 0.5) is 5.69 Å². The molecule has 1 aliphatic rings. The molecular weight excluding hydrogens is 356 g/mol. The number of fused-ring (bicyclic) bond motifs is 1. The van der Waals surface area contributed by atoms with Gasteiger partial charge < -0.3 is 24.4 Å². The van der Waals surface area contributed by atoms with Gasteiger partial charge in [-0.15, -0.1) is 0 Å². The third-order valence-electron chi connectivity index (χ3n) is 4.38. The minimum absolute atomic E-state index is 0.249. The highest BCUT2D eigenvalue weighted by molar-refractivity contribution is 5.47. The summed E-state index contributed by atoms with van der Waals surface area (Å²) in [6.07, 6.45) is 0. The lowest BCUT2D eigenvalue weighted by atomic mass is 10.1. The number of hydrogen-bond donors (Lipinski definition) is 2. The molecule has 0 saturated carbocycles. The standard InChI is InChI=1S/C22H22N2O4/c1-25-20-9-7-16(13-23-24-18-5-3-2-4-6-18)11-17(20)14-26-19-8-10-21-22(12-19)28-15-27-21/h2-12,23-24H,13-15H2,1H3. The van der Waals surface area contributed by atoms with E-state index in [1.54, 1.807) is 7.11 Å². The van der Waals surface area contributed by atoms with Crippen molar-refractivity contribution in [2.75, 3.05) is 19.3 Å². The maximum absolute atomic E-state index is 5.94. The fourth-order valence-corrected chi connectivity index (χ4v) is 2.95. The van der Waals surface area contributed by atoms with Gasteiger partial charge in [0.25, 0.3) is 0 Å². The minimum Gasteiger partial charge on any atom is -0.496 e. The molecule has 0 unspecified atom stereocenters. The van der Waals surface area contributed by atoms with E-state index in [2.05, 4.69) is 16.9 Å². The van der Waals surface area contributed by atoms with Crippen LogP contribution in [0.3, 0.4) is 0 Å². The van der Waals surface area contributed by atoms with Crippen molar-refractivity contribution < 1.29 is 18.9 Å². The third kappa shape index (κ3) is 4.29. The summed E-state index contributed by atoms with van der Waals surface area (Å²) in [6.45, 7) is 1.30. The summed E-state index contributed by atoms with van der Waals surface area (Å²) in [5.41, 5.74) is 9.51. The summed E-state index contributed by atoms with van der Waals surface area (Å²) in [4.78, 5) is 0. The number of hydrazine groups is 1. The maximum Gasteiger partial charge on any atom is 0.231 e. The van der Waals surface area contributed by atoms with E-state index in [0.717, 1.165) is 34.1 Å². The van der Waals surface area contributed by atoms with Crippen molar-refractivity contribution in [1.29, 1.82) is 0 Å². The lowest BCUT2D eigenvalue weighted by molar-refractivity contribution is 0.173. The molecule has 1 heterocycles. The second-order valence-electron chi connectivity index (χ2n) is 6.29. The van der Waals surface area contributed by atoms with Crippen molar-refractivity contribution in [3.05, 3.63) is 77.9 Å². The summed E-state index contributed by atoms with van der Waals surface area (Å²) >= 11 is 0. The first kappa shape index (κ1) is 18.0. The van der Waals surface area contributed by atoms with Crippen LogP contribution in [0.1, 0.15) is 11.1 Å². The molecule has 1 aliphatic heterocycles. The first-order valence-electron chi connectivity index (χ1n) is 9.04. The molecule has 0 atom stereocenters. The van der Waals surface area contributed by atoms with Crippen LogP contribution >= 0.6 is 0 Å². The molecule has 0 aromatic heterocycles. The van der Waals surface area contributed by atoms with Gasteiger partial charge in [0.1, 0.15) is 18.1 Å². The number of benzene rings is 3. The average Bonchev–Trinajstić information content (AvgIpc) is 3.21. The average molecular weight is 378 g/mol. The maximum atomic E-state index is 5.94. The zero-order valence-electron chi connectivity index (χ0n) is 15.6. The highest BCUT2D eigenvalue weighted by Gasteiger charge is 2.14. The number of ether oxygens (including phenoxy) is 4. The number of anilines is 1. The van der Waals surface area contributed by atoms with Crippen molar-refractivity contribution in [1.82, 2.24) is 5.43 Å². The monoisotopic (exact) mass is 378 g/mol. The molecule has 2 N–H and O–H groups in total. The van der Waals surface area contributed by atoms with Crippen molar-refractivity contribution in [3.63, 3.8) is 0 Å². The summed E-state index contributed by atoms with van der Waals surface area (Å²) in [7, 11) is 1.66.